The maximum Gasteiger partial charge on any atom is 0.251 e. The van der Waals surface area contributed by atoms with Gasteiger partial charge in [0, 0.05) is 30.8 Å². The minimum Gasteiger partial charge on any atom is -0.497 e. The zero-order valence-electron chi connectivity index (χ0n) is 13.5. The predicted molar refractivity (Wildman–Crippen MR) is 86.5 cm³/mol. The number of sulfonamides is 1. The fourth-order valence-corrected chi connectivity index (χ4v) is 3.48. The molecule has 1 N–H and O–H groups in total. The van der Waals surface area contributed by atoms with Crippen LogP contribution in [0.2, 0.25) is 0 Å². The second kappa shape index (κ2) is 7.18. The van der Waals surface area contributed by atoms with Crippen molar-refractivity contribution in [3.63, 3.8) is 0 Å². The predicted octanol–water partition coefficient (Wildman–Crippen LogP) is 0.858. The second-order valence-electron chi connectivity index (χ2n) is 5.46. The van der Waals surface area contributed by atoms with Crippen molar-refractivity contribution >= 4 is 15.9 Å². The van der Waals surface area contributed by atoms with E-state index < -0.39 is 10.0 Å². The number of methoxy groups -OCH3 is 2. The lowest BCUT2D eigenvalue weighted by atomic mass is 10.2. The van der Waals surface area contributed by atoms with Gasteiger partial charge in [-0.05, 0) is 25.0 Å². The van der Waals surface area contributed by atoms with Crippen molar-refractivity contribution in [3.05, 3.63) is 23.8 Å². The molecule has 1 aliphatic rings. The molecule has 0 heterocycles. The Kier molecular flexibility index (Phi) is 5.48. The topological polar surface area (TPSA) is 84.9 Å². The molecule has 1 amide bonds. The maximum absolute atomic E-state index is 12.2. The Morgan fingerprint density at radius 3 is 2.22 bits per heavy atom. The molecule has 0 unspecified atom stereocenters. The summed E-state index contributed by atoms with van der Waals surface area (Å²) in [5.41, 5.74) is 0.401. The van der Waals surface area contributed by atoms with E-state index in [-0.39, 0.29) is 25.0 Å². The number of carbonyl (C=O) groups is 1. The molecule has 0 bridgehead atoms. The van der Waals surface area contributed by atoms with Gasteiger partial charge < -0.3 is 14.8 Å². The zero-order chi connectivity index (χ0) is 17.0. The lowest BCUT2D eigenvalue weighted by molar-refractivity contribution is 0.0950. The van der Waals surface area contributed by atoms with Gasteiger partial charge >= 0.3 is 0 Å². The number of carbonyl (C=O) groups excluding carboxylic acids is 1. The third-order valence-corrected chi connectivity index (χ3v) is 4.94. The molecule has 0 radical (unpaired) electrons. The van der Waals surface area contributed by atoms with E-state index in [9.17, 15) is 13.2 Å². The molecule has 0 saturated heterocycles. The van der Waals surface area contributed by atoms with Crippen LogP contribution in [0.15, 0.2) is 18.2 Å². The van der Waals surface area contributed by atoms with E-state index in [1.165, 1.54) is 24.8 Å². The summed E-state index contributed by atoms with van der Waals surface area (Å²) < 4.78 is 35.1. The smallest absolute Gasteiger partial charge is 0.251 e. The van der Waals surface area contributed by atoms with Crippen LogP contribution in [0.5, 0.6) is 11.5 Å². The Morgan fingerprint density at radius 1 is 1.22 bits per heavy atom. The molecular weight excluding hydrogens is 320 g/mol. The fourth-order valence-electron chi connectivity index (χ4n) is 2.30. The molecule has 1 aliphatic carbocycles. The Morgan fingerprint density at radius 2 is 1.78 bits per heavy atom. The monoisotopic (exact) mass is 342 g/mol. The van der Waals surface area contributed by atoms with E-state index in [1.807, 2.05) is 0 Å². The molecule has 1 aromatic carbocycles. The number of benzene rings is 1. The van der Waals surface area contributed by atoms with Crippen LogP contribution in [0.4, 0.5) is 0 Å². The highest BCUT2D eigenvalue weighted by molar-refractivity contribution is 7.88. The molecule has 8 heteroatoms. The fraction of sp³-hybridized carbons (Fsp3) is 0.533. The molecule has 1 saturated carbocycles. The minimum absolute atomic E-state index is 0.0822. The average molecular weight is 342 g/mol. The molecule has 1 aromatic rings. The summed E-state index contributed by atoms with van der Waals surface area (Å²) in [6.45, 7) is 0.526. The first-order valence-electron chi connectivity index (χ1n) is 7.33. The summed E-state index contributed by atoms with van der Waals surface area (Å²) in [5, 5.41) is 2.73. The lowest BCUT2D eigenvalue weighted by Crippen LogP contribution is -2.39. The lowest BCUT2D eigenvalue weighted by Gasteiger charge is -2.19. The maximum atomic E-state index is 12.2. The van der Waals surface area contributed by atoms with Gasteiger partial charge in [-0.25, -0.2) is 8.42 Å². The van der Waals surface area contributed by atoms with Gasteiger partial charge in [0.2, 0.25) is 10.0 Å². The number of nitrogens with one attached hydrogen (secondary N) is 1. The molecule has 2 rings (SSSR count). The van der Waals surface area contributed by atoms with Gasteiger partial charge in [0.15, 0.2) is 0 Å². The van der Waals surface area contributed by atoms with Crippen LogP contribution in [0.1, 0.15) is 23.2 Å². The Labute approximate surface area is 136 Å². The van der Waals surface area contributed by atoms with Gasteiger partial charge in [-0.1, -0.05) is 0 Å². The van der Waals surface area contributed by atoms with E-state index in [0.717, 1.165) is 12.8 Å². The van der Waals surface area contributed by atoms with Crippen molar-refractivity contribution in [2.45, 2.75) is 18.9 Å². The highest BCUT2D eigenvalue weighted by atomic mass is 32.2. The third-order valence-electron chi connectivity index (χ3n) is 3.61. The first kappa shape index (κ1) is 17.6. The summed E-state index contributed by atoms with van der Waals surface area (Å²) in [7, 11) is -0.224. The summed E-state index contributed by atoms with van der Waals surface area (Å²) in [6.07, 6.45) is 2.96. The van der Waals surface area contributed by atoms with Crippen LogP contribution in [0.25, 0.3) is 0 Å². The highest BCUT2D eigenvalue weighted by Crippen LogP contribution is 2.28. The number of hydrogen-bond acceptors (Lipinski definition) is 5. The molecule has 1 fully saturated rings. The SMILES string of the molecule is COc1cc(OC)cc(C(=O)NCCN(C2CC2)S(C)(=O)=O)c1. The first-order valence-corrected chi connectivity index (χ1v) is 9.18. The summed E-state index contributed by atoms with van der Waals surface area (Å²) in [6, 6.07) is 4.97. The number of hydrogen-bond donors (Lipinski definition) is 1. The van der Waals surface area contributed by atoms with Gasteiger partial charge in [0.1, 0.15) is 11.5 Å². The standard InChI is InChI=1S/C15H22N2O5S/c1-21-13-8-11(9-14(10-13)22-2)15(18)16-6-7-17(12-4-5-12)23(3,19)20/h8-10,12H,4-7H2,1-3H3,(H,16,18). The van der Waals surface area contributed by atoms with Gasteiger partial charge in [-0.3, -0.25) is 4.79 Å². The highest BCUT2D eigenvalue weighted by Gasteiger charge is 2.34. The van der Waals surface area contributed by atoms with Crippen LogP contribution in [0, 0.1) is 0 Å². The minimum atomic E-state index is -3.24. The molecule has 0 aliphatic heterocycles. The Bertz CT molecular complexity index is 648. The molecule has 7 nitrogen and oxygen atoms in total. The summed E-state index contributed by atoms with van der Waals surface area (Å²) in [4.78, 5) is 12.2. The number of rotatable bonds is 8. The van der Waals surface area contributed by atoms with E-state index in [4.69, 9.17) is 9.47 Å². The van der Waals surface area contributed by atoms with E-state index in [2.05, 4.69) is 5.32 Å². The van der Waals surface area contributed by atoms with Crippen molar-refractivity contribution in [1.29, 1.82) is 0 Å². The molecule has 128 valence electrons. The summed E-state index contributed by atoms with van der Waals surface area (Å²) in [5.74, 6) is 0.738. The number of ether oxygens (including phenoxy) is 2. The summed E-state index contributed by atoms with van der Waals surface area (Å²) >= 11 is 0. The second-order valence-corrected chi connectivity index (χ2v) is 7.40. The van der Waals surface area contributed by atoms with Crippen molar-refractivity contribution in [3.8, 4) is 11.5 Å². The Hall–Kier alpha value is -1.80. The van der Waals surface area contributed by atoms with Crippen molar-refractivity contribution in [1.82, 2.24) is 9.62 Å². The zero-order valence-corrected chi connectivity index (χ0v) is 14.4. The quantitative estimate of drug-likeness (QED) is 0.757. The van der Waals surface area contributed by atoms with Gasteiger partial charge in [0.25, 0.3) is 5.91 Å². The Balaban J connectivity index is 1.97. The third kappa shape index (κ3) is 4.84. The van der Waals surface area contributed by atoms with Crippen LogP contribution < -0.4 is 14.8 Å². The average Bonchev–Trinajstić information content (AvgIpc) is 3.33. The van der Waals surface area contributed by atoms with E-state index in [0.29, 0.717) is 17.1 Å². The molecule has 23 heavy (non-hydrogen) atoms. The van der Waals surface area contributed by atoms with Crippen LogP contribution >= 0.6 is 0 Å². The largest absolute Gasteiger partial charge is 0.497 e. The van der Waals surface area contributed by atoms with Crippen molar-refractivity contribution in [2.24, 2.45) is 0 Å². The number of amides is 1. The molecule has 0 atom stereocenters. The van der Waals surface area contributed by atoms with Gasteiger partial charge in [0.05, 0.1) is 20.5 Å². The molecular formula is C15H22N2O5S. The van der Waals surface area contributed by atoms with E-state index in [1.54, 1.807) is 18.2 Å². The van der Waals surface area contributed by atoms with Gasteiger partial charge in [-0.15, -0.1) is 0 Å². The van der Waals surface area contributed by atoms with Crippen LogP contribution in [0.3, 0.4) is 0 Å². The molecule has 0 spiro atoms. The van der Waals surface area contributed by atoms with Crippen LogP contribution in [-0.4, -0.2) is 58.2 Å². The molecule has 0 aromatic heterocycles. The normalized spacial score (nSPS) is 14.6. The first-order chi connectivity index (χ1) is 10.8. The van der Waals surface area contributed by atoms with Crippen molar-refractivity contribution in [2.75, 3.05) is 33.6 Å². The van der Waals surface area contributed by atoms with Crippen molar-refractivity contribution < 1.29 is 22.7 Å². The van der Waals surface area contributed by atoms with E-state index >= 15 is 0 Å². The van der Waals surface area contributed by atoms with Crippen LogP contribution in [-0.2, 0) is 10.0 Å². The number of nitrogens with zero attached hydrogens (tertiary/aromatic N) is 1. The van der Waals surface area contributed by atoms with Gasteiger partial charge in [-0.2, -0.15) is 4.31 Å².